The zero-order valence-corrected chi connectivity index (χ0v) is 15.1. The van der Waals surface area contributed by atoms with Crippen LogP contribution < -0.4 is 4.90 Å². The van der Waals surface area contributed by atoms with Crippen LogP contribution in [0.3, 0.4) is 0 Å². The average Bonchev–Trinajstić information content (AvgIpc) is 2.86. The number of rotatable bonds is 4. The molecule has 120 valence electrons. The molecule has 1 heterocycles. The summed E-state index contributed by atoms with van der Waals surface area (Å²) in [5.41, 5.74) is 3.18. The predicted molar refractivity (Wildman–Crippen MR) is 99.7 cm³/mol. The number of carbonyl (C=O) groups is 1. The molecule has 0 aromatic heterocycles. The Bertz CT molecular complexity index is 714. The molecule has 1 atom stereocenters. The van der Waals surface area contributed by atoms with Crippen LogP contribution in [0.25, 0.3) is 0 Å². The number of para-hydroxylation sites is 1. The van der Waals surface area contributed by atoms with Crippen molar-refractivity contribution in [1.82, 2.24) is 0 Å². The molecule has 0 spiro atoms. The first-order chi connectivity index (χ1) is 11.1. The van der Waals surface area contributed by atoms with Gasteiger partial charge in [0, 0.05) is 27.5 Å². The van der Waals surface area contributed by atoms with Gasteiger partial charge in [-0.05, 0) is 42.7 Å². The lowest BCUT2D eigenvalue weighted by Crippen LogP contribution is -2.37. The van der Waals surface area contributed by atoms with Crippen molar-refractivity contribution in [1.29, 1.82) is 0 Å². The number of thioether (sulfide) groups is 1. The fourth-order valence-electron chi connectivity index (χ4n) is 2.93. The third-order valence-corrected chi connectivity index (χ3v) is 5.66. The van der Waals surface area contributed by atoms with E-state index < -0.39 is 0 Å². The van der Waals surface area contributed by atoms with E-state index in [0.717, 1.165) is 17.7 Å². The van der Waals surface area contributed by atoms with Gasteiger partial charge in [0.2, 0.25) is 5.91 Å². The predicted octanol–water partition coefficient (Wildman–Crippen LogP) is 5.20. The smallest absolute Gasteiger partial charge is 0.237 e. The standard InChI is InChI=1S/C18H17Cl2NOS/c1-12-9-13-5-2-3-8-17(13)21(12)18(22)11-23-10-14-15(19)6-4-7-16(14)20/h2-8,12H,9-11H2,1H3/t12-/m1/s1. The summed E-state index contributed by atoms with van der Waals surface area (Å²) in [4.78, 5) is 14.5. The first-order valence-corrected chi connectivity index (χ1v) is 9.39. The van der Waals surface area contributed by atoms with Crippen LogP contribution in [0.2, 0.25) is 10.0 Å². The first-order valence-electron chi connectivity index (χ1n) is 7.48. The van der Waals surface area contributed by atoms with E-state index >= 15 is 0 Å². The van der Waals surface area contributed by atoms with Crippen molar-refractivity contribution in [3.63, 3.8) is 0 Å². The number of fused-ring (bicyclic) bond motifs is 1. The normalized spacial score (nSPS) is 16.5. The van der Waals surface area contributed by atoms with Crippen LogP contribution in [0.15, 0.2) is 42.5 Å². The van der Waals surface area contributed by atoms with E-state index in [0.29, 0.717) is 21.6 Å². The van der Waals surface area contributed by atoms with Gasteiger partial charge in [-0.25, -0.2) is 0 Å². The molecule has 0 N–H and O–H groups in total. The number of nitrogens with zero attached hydrogens (tertiary/aromatic N) is 1. The van der Waals surface area contributed by atoms with E-state index in [1.165, 1.54) is 5.56 Å². The molecule has 2 aromatic rings. The molecule has 0 bridgehead atoms. The molecule has 0 fully saturated rings. The Hall–Kier alpha value is -1.16. The molecule has 23 heavy (non-hydrogen) atoms. The molecule has 0 unspecified atom stereocenters. The van der Waals surface area contributed by atoms with Crippen molar-refractivity contribution in [2.24, 2.45) is 0 Å². The molecule has 0 radical (unpaired) electrons. The second kappa shape index (κ2) is 7.16. The number of carbonyl (C=O) groups excluding carboxylic acids is 1. The van der Waals surface area contributed by atoms with Crippen LogP contribution in [-0.4, -0.2) is 17.7 Å². The lowest BCUT2D eigenvalue weighted by molar-refractivity contribution is -0.116. The van der Waals surface area contributed by atoms with Crippen molar-refractivity contribution in [3.8, 4) is 0 Å². The Kier molecular flexibility index (Phi) is 5.20. The topological polar surface area (TPSA) is 20.3 Å². The van der Waals surface area contributed by atoms with Gasteiger partial charge in [-0.1, -0.05) is 47.5 Å². The average molecular weight is 366 g/mol. The van der Waals surface area contributed by atoms with Crippen molar-refractivity contribution in [3.05, 3.63) is 63.6 Å². The van der Waals surface area contributed by atoms with Crippen molar-refractivity contribution >= 4 is 46.6 Å². The van der Waals surface area contributed by atoms with E-state index in [9.17, 15) is 4.79 Å². The Labute approximate surface area is 150 Å². The fraction of sp³-hybridized carbons (Fsp3) is 0.278. The molecule has 0 saturated carbocycles. The lowest BCUT2D eigenvalue weighted by atomic mass is 10.1. The molecule has 0 saturated heterocycles. The SMILES string of the molecule is C[C@@H]1Cc2ccccc2N1C(=O)CSCc1c(Cl)cccc1Cl. The Morgan fingerprint density at radius 1 is 1.17 bits per heavy atom. The van der Waals surface area contributed by atoms with Crippen molar-refractivity contribution in [2.45, 2.75) is 25.1 Å². The van der Waals surface area contributed by atoms with E-state index in [1.54, 1.807) is 11.8 Å². The molecule has 3 rings (SSSR count). The minimum absolute atomic E-state index is 0.135. The molecule has 2 nitrogen and oxygen atoms in total. The first kappa shape index (κ1) is 16.7. The van der Waals surface area contributed by atoms with Gasteiger partial charge in [0.1, 0.15) is 0 Å². The highest BCUT2D eigenvalue weighted by Gasteiger charge is 2.30. The van der Waals surface area contributed by atoms with Gasteiger partial charge in [-0.15, -0.1) is 11.8 Å². The Morgan fingerprint density at radius 3 is 2.61 bits per heavy atom. The number of amides is 1. The highest BCUT2D eigenvalue weighted by atomic mass is 35.5. The van der Waals surface area contributed by atoms with Crippen LogP contribution in [-0.2, 0) is 17.0 Å². The van der Waals surface area contributed by atoms with E-state index in [-0.39, 0.29) is 11.9 Å². The van der Waals surface area contributed by atoms with E-state index in [1.807, 2.05) is 41.3 Å². The molecule has 5 heteroatoms. The van der Waals surface area contributed by atoms with Crippen LogP contribution in [0.1, 0.15) is 18.1 Å². The quantitative estimate of drug-likeness (QED) is 0.741. The maximum absolute atomic E-state index is 12.6. The molecule has 2 aromatic carbocycles. The molecule has 1 amide bonds. The molecule has 1 aliphatic heterocycles. The summed E-state index contributed by atoms with van der Waals surface area (Å²) in [5, 5.41) is 1.30. The summed E-state index contributed by atoms with van der Waals surface area (Å²) < 4.78 is 0. The number of anilines is 1. The fourth-order valence-corrected chi connectivity index (χ4v) is 4.55. The van der Waals surface area contributed by atoms with Gasteiger partial charge in [0.25, 0.3) is 0 Å². The molecular formula is C18H17Cl2NOS. The largest absolute Gasteiger partial charge is 0.308 e. The number of halogens is 2. The van der Waals surface area contributed by atoms with Crippen LogP contribution in [0.5, 0.6) is 0 Å². The van der Waals surface area contributed by atoms with Gasteiger partial charge in [-0.3, -0.25) is 4.79 Å². The number of benzene rings is 2. The van der Waals surface area contributed by atoms with Gasteiger partial charge in [0.05, 0.1) is 5.75 Å². The summed E-state index contributed by atoms with van der Waals surface area (Å²) in [5.74, 6) is 1.18. The number of hydrogen-bond donors (Lipinski definition) is 0. The third kappa shape index (κ3) is 3.52. The minimum atomic E-state index is 0.135. The molecule has 0 aliphatic carbocycles. The molecular weight excluding hydrogens is 349 g/mol. The lowest BCUT2D eigenvalue weighted by Gasteiger charge is -2.22. The van der Waals surface area contributed by atoms with Crippen molar-refractivity contribution in [2.75, 3.05) is 10.7 Å². The highest BCUT2D eigenvalue weighted by Crippen LogP contribution is 2.33. The minimum Gasteiger partial charge on any atom is -0.308 e. The number of hydrogen-bond acceptors (Lipinski definition) is 2. The summed E-state index contributed by atoms with van der Waals surface area (Å²) in [6, 6.07) is 13.8. The van der Waals surface area contributed by atoms with Gasteiger partial charge in [-0.2, -0.15) is 0 Å². The summed E-state index contributed by atoms with van der Waals surface area (Å²) in [6.45, 7) is 2.09. The van der Waals surface area contributed by atoms with E-state index in [4.69, 9.17) is 23.2 Å². The monoisotopic (exact) mass is 365 g/mol. The highest BCUT2D eigenvalue weighted by molar-refractivity contribution is 7.99. The van der Waals surface area contributed by atoms with Gasteiger partial charge >= 0.3 is 0 Å². The van der Waals surface area contributed by atoms with E-state index in [2.05, 4.69) is 13.0 Å². The summed E-state index contributed by atoms with van der Waals surface area (Å²) in [7, 11) is 0. The van der Waals surface area contributed by atoms with Crippen molar-refractivity contribution < 1.29 is 4.79 Å². The van der Waals surface area contributed by atoms with Crippen LogP contribution >= 0.6 is 35.0 Å². The zero-order chi connectivity index (χ0) is 16.4. The maximum atomic E-state index is 12.6. The summed E-state index contributed by atoms with van der Waals surface area (Å²) >= 11 is 13.9. The summed E-state index contributed by atoms with van der Waals surface area (Å²) in [6.07, 6.45) is 0.920. The zero-order valence-electron chi connectivity index (χ0n) is 12.8. The van der Waals surface area contributed by atoms with Gasteiger partial charge < -0.3 is 4.90 Å². The molecule has 1 aliphatic rings. The second-order valence-corrected chi connectivity index (χ2v) is 7.44. The van der Waals surface area contributed by atoms with Crippen LogP contribution in [0.4, 0.5) is 5.69 Å². The second-order valence-electron chi connectivity index (χ2n) is 5.64. The third-order valence-electron chi connectivity index (χ3n) is 4.01. The van der Waals surface area contributed by atoms with Crippen LogP contribution in [0, 0.1) is 0 Å². The Balaban J connectivity index is 1.64. The Morgan fingerprint density at radius 2 is 1.87 bits per heavy atom. The van der Waals surface area contributed by atoms with Gasteiger partial charge in [0.15, 0.2) is 0 Å². The maximum Gasteiger partial charge on any atom is 0.237 e.